The lowest BCUT2D eigenvalue weighted by atomic mass is 10.2. The molecule has 0 N–H and O–H groups in total. The summed E-state index contributed by atoms with van der Waals surface area (Å²) in [5, 5.41) is 3.96. The van der Waals surface area contributed by atoms with Crippen LogP contribution in [0.25, 0.3) is 0 Å². The first kappa shape index (κ1) is 18.4. The number of aryl methyl sites for hydroxylation is 1. The molecule has 2 aromatic heterocycles. The number of aromatic nitrogens is 2. The average Bonchev–Trinajstić information content (AvgIpc) is 3.07. The quantitative estimate of drug-likeness (QED) is 0.818. The second-order valence-electron chi connectivity index (χ2n) is 6.86. The molecule has 1 saturated heterocycles. The second-order valence-corrected chi connectivity index (χ2v) is 6.86. The predicted octanol–water partition coefficient (Wildman–Crippen LogP) is 2.52. The maximum Gasteiger partial charge on any atom is 0.272 e. The van der Waals surface area contributed by atoms with Crippen LogP contribution in [0.15, 0.2) is 29.1 Å². The number of morpholine rings is 1. The molecule has 0 saturated carbocycles. The summed E-state index contributed by atoms with van der Waals surface area (Å²) in [6.07, 6.45) is 4.39. The number of nitrogens with zero attached hydrogens (tertiary/aromatic N) is 4. The van der Waals surface area contributed by atoms with Crippen molar-refractivity contribution in [2.24, 2.45) is 0 Å². The summed E-state index contributed by atoms with van der Waals surface area (Å²) in [6.45, 7) is 8.19. The minimum Gasteiger partial charge on any atom is -0.372 e. The van der Waals surface area contributed by atoms with Gasteiger partial charge in [-0.1, -0.05) is 12.1 Å². The average molecular weight is 358 g/mol. The van der Waals surface area contributed by atoms with E-state index < -0.39 is 0 Å². The lowest BCUT2D eigenvalue weighted by Crippen LogP contribution is -2.45. The Hall–Kier alpha value is -2.41. The Morgan fingerprint density at radius 2 is 2.08 bits per heavy atom. The fourth-order valence-electron chi connectivity index (χ4n) is 3.35. The van der Waals surface area contributed by atoms with E-state index in [4.69, 9.17) is 9.26 Å². The molecule has 140 valence electrons. The van der Waals surface area contributed by atoms with Crippen LogP contribution in [0.4, 0.5) is 5.69 Å². The normalized spacial score (nSPS) is 20.2. The molecule has 1 aliphatic heterocycles. The number of pyridine rings is 1. The Balaban J connectivity index is 1.73. The molecule has 26 heavy (non-hydrogen) atoms. The third-order valence-corrected chi connectivity index (χ3v) is 4.57. The highest BCUT2D eigenvalue weighted by Gasteiger charge is 2.24. The first-order valence-corrected chi connectivity index (χ1v) is 9.02. The van der Waals surface area contributed by atoms with Crippen LogP contribution in [0.3, 0.4) is 0 Å². The first-order valence-electron chi connectivity index (χ1n) is 9.02. The molecule has 1 fully saturated rings. The summed E-state index contributed by atoms with van der Waals surface area (Å²) >= 11 is 0. The Morgan fingerprint density at radius 1 is 1.35 bits per heavy atom. The summed E-state index contributed by atoms with van der Waals surface area (Å²) in [6, 6.07) is 3.80. The Kier molecular flexibility index (Phi) is 5.56. The van der Waals surface area contributed by atoms with Gasteiger partial charge in [-0.05, 0) is 32.4 Å². The van der Waals surface area contributed by atoms with Gasteiger partial charge in [0.2, 0.25) is 0 Å². The van der Waals surface area contributed by atoms with Crippen LogP contribution in [0.5, 0.6) is 0 Å². The van der Waals surface area contributed by atoms with Crippen LogP contribution in [0.2, 0.25) is 0 Å². The summed E-state index contributed by atoms with van der Waals surface area (Å²) in [4.78, 5) is 21.0. The van der Waals surface area contributed by atoms with E-state index >= 15 is 0 Å². The lowest BCUT2D eigenvalue weighted by molar-refractivity contribution is -0.00522. The fraction of sp³-hybridized carbons (Fsp3) is 0.526. The standard InChI is InChI=1S/C19H26N4O3/c1-5-17-15(12-25-21-17)11-22(4)19(24)18-8-16(6-7-20-18)23-9-13(2)26-14(3)10-23/h6-8,12-14H,5,9-11H2,1-4H3. The Labute approximate surface area is 153 Å². The van der Waals surface area contributed by atoms with Crippen molar-refractivity contribution in [1.29, 1.82) is 0 Å². The van der Waals surface area contributed by atoms with Gasteiger partial charge in [0.05, 0.1) is 24.4 Å². The van der Waals surface area contributed by atoms with Crippen molar-refractivity contribution in [1.82, 2.24) is 15.0 Å². The first-order chi connectivity index (χ1) is 12.5. The van der Waals surface area contributed by atoms with Crippen molar-refractivity contribution in [2.75, 3.05) is 25.0 Å². The third-order valence-electron chi connectivity index (χ3n) is 4.57. The van der Waals surface area contributed by atoms with Gasteiger partial charge in [0.25, 0.3) is 5.91 Å². The Morgan fingerprint density at radius 3 is 2.77 bits per heavy atom. The largest absolute Gasteiger partial charge is 0.372 e. The zero-order chi connectivity index (χ0) is 18.7. The highest BCUT2D eigenvalue weighted by molar-refractivity contribution is 5.93. The topological polar surface area (TPSA) is 71.7 Å². The number of hydrogen-bond donors (Lipinski definition) is 0. The molecule has 0 spiro atoms. The van der Waals surface area contributed by atoms with E-state index in [2.05, 4.69) is 28.9 Å². The van der Waals surface area contributed by atoms with Gasteiger partial charge in [-0.2, -0.15) is 0 Å². The lowest BCUT2D eigenvalue weighted by Gasteiger charge is -2.36. The Bertz CT molecular complexity index is 751. The molecule has 0 aliphatic carbocycles. The molecular formula is C19H26N4O3. The number of anilines is 1. The molecule has 7 nitrogen and oxygen atoms in total. The molecule has 1 aliphatic rings. The van der Waals surface area contributed by atoms with E-state index in [9.17, 15) is 4.79 Å². The minimum absolute atomic E-state index is 0.121. The van der Waals surface area contributed by atoms with Crippen molar-refractivity contribution in [3.63, 3.8) is 0 Å². The van der Waals surface area contributed by atoms with Crippen molar-refractivity contribution in [3.8, 4) is 0 Å². The van der Waals surface area contributed by atoms with Crippen LogP contribution in [-0.4, -0.2) is 53.3 Å². The van der Waals surface area contributed by atoms with E-state index in [1.165, 1.54) is 0 Å². The van der Waals surface area contributed by atoms with Gasteiger partial charge in [-0.15, -0.1) is 0 Å². The fourth-order valence-corrected chi connectivity index (χ4v) is 3.35. The van der Waals surface area contributed by atoms with Crippen LogP contribution in [0.1, 0.15) is 42.5 Å². The van der Waals surface area contributed by atoms with Crippen LogP contribution < -0.4 is 4.90 Å². The number of carbonyl (C=O) groups excluding carboxylic acids is 1. The highest BCUT2D eigenvalue weighted by Crippen LogP contribution is 2.21. The zero-order valence-corrected chi connectivity index (χ0v) is 15.8. The molecule has 2 unspecified atom stereocenters. The number of rotatable bonds is 5. The molecule has 0 bridgehead atoms. The van der Waals surface area contributed by atoms with Crippen molar-refractivity contribution < 1.29 is 14.1 Å². The maximum atomic E-state index is 12.8. The molecule has 2 aromatic rings. The maximum absolute atomic E-state index is 12.8. The summed E-state index contributed by atoms with van der Waals surface area (Å²) in [5.41, 5.74) is 3.24. The van der Waals surface area contributed by atoms with Crippen molar-refractivity contribution in [2.45, 2.75) is 45.9 Å². The van der Waals surface area contributed by atoms with Gasteiger partial charge in [0.1, 0.15) is 12.0 Å². The number of amides is 1. The number of carbonyl (C=O) groups is 1. The van der Waals surface area contributed by atoms with Gasteiger partial charge >= 0.3 is 0 Å². The van der Waals surface area contributed by atoms with Gasteiger partial charge in [-0.3, -0.25) is 9.78 Å². The van der Waals surface area contributed by atoms with Gasteiger partial charge in [0, 0.05) is 37.6 Å². The summed E-state index contributed by atoms with van der Waals surface area (Å²) in [7, 11) is 1.77. The molecule has 3 rings (SSSR count). The molecule has 7 heteroatoms. The zero-order valence-electron chi connectivity index (χ0n) is 15.8. The monoisotopic (exact) mass is 358 g/mol. The highest BCUT2D eigenvalue weighted by atomic mass is 16.5. The van der Waals surface area contributed by atoms with Crippen LogP contribution in [0, 0.1) is 0 Å². The molecule has 0 radical (unpaired) electrons. The van der Waals surface area contributed by atoms with E-state index in [1.807, 2.05) is 19.1 Å². The minimum atomic E-state index is -0.121. The second kappa shape index (κ2) is 7.86. The SMILES string of the molecule is CCc1nocc1CN(C)C(=O)c1cc(N2CC(C)OC(C)C2)ccn1. The van der Waals surface area contributed by atoms with E-state index in [1.54, 1.807) is 24.4 Å². The summed E-state index contributed by atoms with van der Waals surface area (Å²) in [5.74, 6) is -0.121. The van der Waals surface area contributed by atoms with Crippen LogP contribution >= 0.6 is 0 Å². The summed E-state index contributed by atoms with van der Waals surface area (Å²) < 4.78 is 10.8. The number of hydrogen-bond acceptors (Lipinski definition) is 6. The molecule has 0 aromatic carbocycles. The number of ether oxygens (including phenoxy) is 1. The van der Waals surface area contributed by atoms with Gasteiger partial charge < -0.3 is 19.1 Å². The molecular weight excluding hydrogens is 332 g/mol. The van der Waals surface area contributed by atoms with Gasteiger partial charge in [0.15, 0.2) is 0 Å². The third kappa shape index (κ3) is 4.04. The van der Waals surface area contributed by atoms with E-state index in [0.29, 0.717) is 12.2 Å². The van der Waals surface area contributed by atoms with Crippen LogP contribution in [-0.2, 0) is 17.7 Å². The van der Waals surface area contributed by atoms with Crippen molar-refractivity contribution >= 4 is 11.6 Å². The van der Waals surface area contributed by atoms with Crippen molar-refractivity contribution in [3.05, 3.63) is 41.5 Å². The van der Waals surface area contributed by atoms with E-state index in [-0.39, 0.29) is 18.1 Å². The molecule has 2 atom stereocenters. The van der Waals surface area contributed by atoms with Gasteiger partial charge in [-0.25, -0.2) is 0 Å². The van der Waals surface area contributed by atoms with E-state index in [0.717, 1.165) is 36.5 Å². The smallest absolute Gasteiger partial charge is 0.272 e. The molecule has 1 amide bonds. The molecule has 3 heterocycles. The predicted molar refractivity (Wildman–Crippen MR) is 98.1 cm³/mol.